The molecule has 0 spiro atoms. The van der Waals surface area contributed by atoms with Crippen LogP contribution in [0.1, 0.15) is 26.3 Å². The predicted octanol–water partition coefficient (Wildman–Crippen LogP) is 3.65. The number of rotatable bonds is 5. The lowest BCUT2D eigenvalue weighted by molar-refractivity contribution is -0.149. The first-order valence-electron chi connectivity index (χ1n) is 8.43. The van der Waals surface area contributed by atoms with Gasteiger partial charge in [0.1, 0.15) is 6.54 Å². The highest BCUT2D eigenvalue weighted by molar-refractivity contribution is 8.18. The largest absolute Gasteiger partial charge is 0.462 e. The molecule has 0 radical (unpaired) electrons. The monoisotopic (exact) mass is 372 g/mol. The molecule has 0 saturated carbocycles. The Morgan fingerprint density at radius 3 is 2.69 bits per heavy atom. The number of para-hydroxylation sites is 1. The van der Waals surface area contributed by atoms with Gasteiger partial charge in [-0.1, -0.05) is 18.2 Å². The molecule has 26 heavy (non-hydrogen) atoms. The molecule has 1 saturated heterocycles. The summed E-state index contributed by atoms with van der Waals surface area (Å²) in [6.45, 7) is 5.92. The minimum Gasteiger partial charge on any atom is -0.462 e. The van der Waals surface area contributed by atoms with Gasteiger partial charge in [-0.2, -0.15) is 0 Å². The average Bonchev–Trinajstić information content (AvgIpc) is 3.07. The molecule has 1 fully saturated rings. The Balaban J connectivity index is 1.88. The molecule has 0 unspecified atom stereocenters. The number of aromatic nitrogens is 1. The van der Waals surface area contributed by atoms with Gasteiger partial charge in [-0.25, -0.2) is 0 Å². The van der Waals surface area contributed by atoms with Crippen molar-refractivity contribution in [2.45, 2.75) is 33.4 Å². The smallest absolute Gasteiger partial charge is 0.326 e. The first-order chi connectivity index (χ1) is 12.4. The zero-order valence-corrected chi connectivity index (χ0v) is 15.7. The average molecular weight is 372 g/mol. The standard InChI is InChI=1S/C19H20N2O4S/c1-4-20-10-13(14-7-5-6-8-15(14)20)9-16-18(23)21(19(24)26-16)11-17(22)25-12(2)3/h5-10,12H,4,11H2,1-3H3/b16-9+. The van der Waals surface area contributed by atoms with Crippen molar-refractivity contribution in [3.8, 4) is 0 Å². The van der Waals surface area contributed by atoms with Crippen molar-refractivity contribution in [2.24, 2.45) is 0 Å². The van der Waals surface area contributed by atoms with Crippen LogP contribution in [0.3, 0.4) is 0 Å². The highest BCUT2D eigenvalue weighted by Gasteiger charge is 2.37. The summed E-state index contributed by atoms with van der Waals surface area (Å²) in [6.07, 6.45) is 3.39. The molecule has 7 heteroatoms. The van der Waals surface area contributed by atoms with Gasteiger partial charge in [0.2, 0.25) is 0 Å². The Kier molecular flexibility index (Phi) is 5.18. The number of benzene rings is 1. The third-order valence-corrected chi connectivity index (χ3v) is 4.88. The zero-order chi connectivity index (χ0) is 18.8. The third kappa shape index (κ3) is 3.53. The summed E-state index contributed by atoms with van der Waals surface area (Å²) in [5.74, 6) is -1.06. The Morgan fingerprint density at radius 1 is 1.27 bits per heavy atom. The van der Waals surface area contributed by atoms with E-state index < -0.39 is 17.1 Å². The van der Waals surface area contributed by atoms with Crippen LogP contribution >= 0.6 is 11.8 Å². The summed E-state index contributed by atoms with van der Waals surface area (Å²) in [4.78, 5) is 37.7. The number of amides is 2. The maximum atomic E-state index is 12.6. The second-order valence-electron chi connectivity index (χ2n) is 6.19. The summed E-state index contributed by atoms with van der Waals surface area (Å²) in [6, 6.07) is 7.90. The van der Waals surface area contributed by atoms with Crippen molar-refractivity contribution in [1.82, 2.24) is 9.47 Å². The lowest BCUT2D eigenvalue weighted by Gasteiger charge is -2.13. The van der Waals surface area contributed by atoms with E-state index in [1.807, 2.05) is 37.4 Å². The molecular weight excluding hydrogens is 352 g/mol. The van der Waals surface area contributed by atoms with Crippen LogP contribution in [0.4, 0.5) is 4.79 Å². The van der Waals surface area contributed by atoms with E-state index in [0.29, 0.717) is 4.91 Å². The Morgan fingerprint density at radius 2 is 2.00 bits per heavy atom. The van der Waals surface area contributed by atoms with Gasteiger partial charge in [0.15, 0.2) is 0 Å². The van der Waals surface area contributed by atoms with E-state index in [2.05, 4.69) is 4.57 Å². The fourth-order valence-corrected chi connectivity index (χ4v) is 3.69. The normalized spacial score (nSPS) is 16.3. The number of hydrogen-bond donors (Lipinski definition) is 0. The van der Waals surface area contributed by atoms with E-state index in [9.17, 15) is 14.4 Å². The molecule has 1 aliphatic heterocycles. The van der Waals surface area contributed by atoms with Gasteiger partial charge >= 0.3 is 5.97 Å². The summed E-state index contributed by atoms with van der Waals surface area (Å²) in [7, 11) is 0. The van der Waals surface area contributed by atoms with Gasteiger partial charge in [-0.05, 0) is 44.7 Å². The molecule has 0 N–H and O–H groups in total. The molecule has 2 amide bonds. The van der Waals surface area contributed by atoms with E-state index in [1.54, 1.807) is 19.9 Å². The molecule has 3 rings (SSSR count). The topological polar surface area (TPSA) is 68.6 Å². The Bertz CT molecular complexity index is 913. The first-order valence-corrected chi connectivity index (χ1v) is 9.25. The van der Waals surface area contributed by atoms with E-state index in [-0.39, 0.29) is 12.6 Å². The van der Waals surface area contributed by atoms with Crippen LogP contribution in [0, 0.1) is 0 Å². The van der Waals surface area contributed by atoms with Crippen LogP contribution in [-0.4, -0.2) is 39.2 Å². The van der Waals surface area contributed by atoms with Gasteiger partial charge in [-0.15, -0.1) is 0 Å². The van der Waals surface area contributed by atoms with E-state index in [1.165, 1.54) is 0 Å². The van der Waals surface area contributed by atoms with Crippen LogP contribution < -0.4 is 0 Å². The molecule has 0 bridgehead atoms. The molecule has 0 aliphatic carbocycles. The lowest BCUT2D eigenvalue weighted by Crippen LogP contribution is -2.35. The van der Waals surface area contributed by atoms with Crippen LogP contribution in [0.25, 0.3) is 17.0 Å². The molecular formula is C19H20N2O4S. The van der Waals surface area contributed by atoms with Crippen molar-refractivity contribution in [3.05, 3.63) is 40.9 Å². The molecule has 0 atom stereocenters. The van der Waals surface area contributed by atoms with Crippen molar-refractivity contribution in [3.63, 3.8) is 0 Å². The Hall–Kier alpha value is -2.54. The number of esters is 1. The molecule has 1 aromatic heterocycles. The number of nitrogens with zero attached hydrogens (tertiary/aromatic N) is 2. The fraction of sp³-hybridized carbons (Fsp3) is 0.316. The number of carbonyl (C=O) groups excluding carboxylic acids is 3. The van der Waals surface area contributed by atoms with Crippen LogP contribution in [-0.2, 0) is 20.9 Å². The van der Waals surface area contributed by atoms with Crippen LogP contribution in [0.15, 0.2) is 35.4 Å². The van der Waals surface area contributed by atoms with Gasteiger partial charge in [-0.3, -0.25) is 19.3 Å². The second-order valence-corrected chi connectivity index (χ2v) is 7.19. The fourth-order valence-electron chi connectivity index (χ4n) is 2.86. The summed E-state index contributed by atoms with van der Waals surface area (Å²) >= 11 is 0.844. The predicted molar refractivity (Wildman–Crippen MR) is 102 cm³/mol. The first kappa shape index (κ1) is 18.3. The number of hydrogen-bond acceptors (Lipinski definition) is 5. The lowest BCUT2D eigenvalue weighted by atomic mass is 10.1. The van der Waals surface area contributed by atoms with E-state index in [0.717, 1.165) is 39.7 Å². The summed E-state index contributed by atoms with van der Waals surface area (Å²) in [5.41, 5.74) is 1.94. The molecule has 2 aromatic rings. The maximum absolute atomic E-state index is 12.6. The van der Waals surface area contributed by atoms with E-state index >= 15 is 0 Å². The third-order valence-electron chi connectivity index (χ3n) is 3.97. The molecule has 136 valence electrons. The minimum absolute atomic E-state index is 0.293. The summed E-state index contributed by atoms with van der Waals surface area (Å²) in [5, 5.41) is 0.557. The van der Waals surface area contributed by atoms with Gasteiger partial charge < -0.3 is 9.30 Å². The second kappa shape index (κ2) is 7.37. The molecule has 2 heterocycles. The SMILES string of the molecule is CCn1cc(/C=C2/SC(=O)N(CC(=O)OC(C)C)C2=O)c2ccccc21. The number of thioether (sulfide) groups is 1. The maximum Gasteiger partial charge on any atom is 0.326 e. The van der Waals surface area contributed by atoms with Crippen molar-refractivity contribution < 1.29 is 19.1 Å². The molecule has 1 aliphatic rings. The molecule has 1 aromatic carbocycles. The Labute approximate surface area is 155 Å². The molecule has 6 nitrogen and oxygen atoms in total. The van der Waals surface area contributed by atoms with Crippen molar-refractivity contribution >= 4 is 45.9 Å². The number of imide groups is 1. The number of fused-ring (bicyclic) bond motifs is 1. The summed E-state index contributed by atoms with van der Waals surface area (Å²) < 4.78 is 7.11. The number of carbonyl (C=O) groups is 3. The zero-order valence-electron chi connectivity index (χ0n) is 14.9. The van der Waals surface area contributed by atoms with Gasteiger partial charge in [0.05, 0.1) is 11.0 Å². The van der Waals surface area contributed by atoms with Crippen molar-refractivity contribution in [2.75, 3.05) is 6.54 Å². The number of ether oxygens (including phenoxy) is 1. The van der Waals surface area contributed by atoms with Crippen LogP contribution in [0.5, 0.6) is 0 Å². The minimum atomic E-state index is -0.592. The van der Waals surface area contributed by atoms with E-state index in [4.69, 9.17) is 4.74 Å². The quantitative estimate of drug-likeness (QED) is 0.592. The van der Waals surface area contributed by atoms with Crippen molar-refractivity contribution in [1.29, 1.82) is 0 Å². The highest BCUT2D eigenvalue weighted by Crippen LogP contribution is 2.34. The van der Waals surface area contributed by atoms with Gasteiger partial charge in [0.25, 0.3) is 11.1 Å². The highest BCUT2D eigenvalue weighted by atomic mass is 32.2. The number of aryl methyl sites for hydroxylation is 1. The van der Waals surface area contributed by atoms with Crippen LogP contribution in [0.2, 0.25) is 0 Å². The van der Waals surface area contributed by atoms with Gasteiger partial charge in [0, 0.05) is 29.2 Å².